The van der Waals surface area contributed by atoms with Crippen molar-refractivity contribution in [3.05, 3.63) is 53.6 Å². The number of rotatable bonds is 5. The summed E-state index contributed by atoms with van der Waals surface area (Å²) in [5.41, 5.74) is 1.60. The molecule has 0 N–H and O–H groups in total. The number of nitrogens with zero attached hydrogens (tertiary/aromatic N) is 2. The van der Waals surface area contributed by atoms with Gasteiger partial charge in [0.05, 0.1) is 0 Å². The molecule has 0 bridgehead atoms. The van der Waals surface area contributed by atoms with Gasteiger partial charge in [0.1, 0.15) is 12.1 Å². The highest BCUT2D eigenvalue weighted by molar-refractivity contribution is 7.98. The minimum absolute atomic E-state index is 0.305. The zero-order valence-corrected chi connectivity index (χ0v) is 11.2. The van der Waals surface area contributed by atoms with E-state index in [1.165, 1.54) is 23.9 Å². The van der Waals surface area contributed by atoms with Crippen molar-refractivity contribution in [2.45, 2.75) is 17.5 Å². The van der Waals surface area contributed by atoms with Crippen LogP contribution < -0.4 is 0 Å². The lowest BCUT2D eigenvalue weighted by Crippen LogP contribution is -2.06. The topological polar surface area (TPSA) is 42.9 Å². The molecule has 0 saturated carbocycles. The molecule has 2 rings (SSSR count). The highest BCUT2D eigenvalue weighted by Gasteiger charge is 2.12. The van der Waals surface area contributed by atoms with Crippen molar-refractivity contribution in [2.24, 2.45) is 0 Å². The second-order valence-electron chi connectivity index (χ2n) is 4.03. The molecule has 0 spiro atoms. The normalized spacial score (nSPS) is 12.1. The molecule has 3 nitrogen and oxygen atoms in total. The smallest absolute Gasteiger partial charge is 0.187 e. The Balaban J connectivity index is 2.18. The number of aromatic nitrogens is 2. The number of halogens is 1. The highest BCUT2D eigenvalue weighted by Crippen LogP contribution is 2.19. The maximum absolute atomic E-state index is 12.9. The number of aldehydes is 1. The first kappa shape index (κ1) is 13.7. The quantitative estimate of drug-likeness (QED) is 0.478. The average Bonchev–Trinajstić information content (AvgIpc) is 2.46. The third-order valence-electron chi connectivity index (χ3n) is 2.77. The van der Waals surface area contributed by atoms with E-state index in [-0.39, 0.29) is 11.7 Å². The van der Waals surface area contributed by atoms with Gasteiger partial charge >= 0.3 is 0 Å². The number of hydrogen-bond donors (Lipinski definition) is 0. The van der Waals surface area contributed by atoms with Crippen molar-refractivity contribution in [3.63, 3.8) is 0 Å². The number of hydrogen-bond acceptors (Lipinski definition) is 4. The van der Waals surface area contributed by atoms with Crippen LogP contribution in [0.25, 0.3) is 0 Å². The van der Waals surface area contributed by atoms with Crippen LogP contribution >= 0.6 is 11.8 Å². The minimum Gasteiger partial charge on any atom is -0.303 e. The monoisotopic (exact) mass is 276 g/mol. The van der Waals surface area contributed by atoms with E-state index in [0.29, 0.717) is 11.6 Å². The Bertz CT molecular complexity index is 560. The summed E-state index contributed by atoms with van der Waals surface area (Å²) in [4.78, 5) is 19.6. The highest BCUT2D eigenvalue weighted by atomic mass is 32.2. The maximum atomic E-state index is 12.9. The van der Waals surface area contributed by atoms with Gasteiger partial charge in [-0.05, 0) is 30.0 Å². The molecule has 2 aromatic rings. The van der Waals surface area contributed by atoms with Gasteiger partial charge in [0.25, 0.3) is 0 Å². The van der Waals surface area contributed by atoms with Crippen LogP contribution in [0, 0.1) is 5.82 Å². The molecule has 19 heavy (non-hydrogen) atoms. The Morgan fingerprint density at radius 1 is 1.32 bits per heavy atom. The van der Waals surface area contributed by atoms with Crippen LogP contribution in [0.15, 0.2) is 41.7 Å². The summed E-state index contributed by atoms with van der Waals surface area (Å²) in [7, 11) is 0. The van der Waals surface area contributed by atoms with E-state index in [9.17, 15) is 9.18 Å². The van der Waals surface area contributed by atoms with Crippen LogP contribution in [0.3, 0.4) is 0 Å². The van der Waals surface area contributed by atoms with Gasteiger partial charge in [-0.1, -0.05) is 23.9 Å². The summed E-state index contributed by atoms with van der Waals surface area (Å²) >= 11 is 1.46. The number of carbonyl (C=O) groups excluding carboxylic acids is 1. The Morgan fingerprint density at radius 2 is 2.05 bits per heavy atom. The van der Waals surface area contributed by atoms with Crippen molar-refractivity contribution < 1.29 is 9.18 Å². The van der Waals surface area contributed by atoms with Crippen LogP contribution in [0.2, 0.25) is 0 Å². The molecule has 1 aromatic heterocycles. The fourth-order valence-corrected chi connectivity index (χ4v) is 2.14. The summed E-state index contributed by atoms with van der Waals surface area (Å²) < 4.78 is 12.9. The third kappa shape index (κ3) is 3.61. The molecule has 0 saturated heterocycles. The Hall–Kier alpha value is -1.75. The van der Waals surface area contributed by atoms with Gasteiger partial charge in [-0.3, -0.25) is 0 Å². The third-order valence-corrected chi connectivity index (χ3v) is 3.33. The molecule has 0 amide bonds. The molecule has 98 valence electrons. The van der Waals surface area contributed by atoms with Crippen molar-refractivity contribution >= 4 is 18.0 Å². The van der Waals surface area contributed by atoms with Gasteiger partial charge in [0.15, 0.2) is 5.16 Å². The molecular formula is C14H13FN2OS. The summed E-state index contributed by atoms with van der Waals surface area (Å²) in [5, 5.41) is 0.682. The maximum Gasteiger partial charge on any atom is 0.187 e. The first-order chi connectivity index (χ1) is 9.22. The zero-order chi connectivity index (χ0) is 13.7. The number of thioether (sulfide) groups is 1. The predicted octanol–water partition coefficient (Wildman–Crippen LogP) is 2.86. The number of carbonyl (C=O) groups is 1. The van der Waals surface area contributed by atoms with Gasteiger partial charge in [0.2, 0.25) is 0 Å². The lowest BCUT2D eigenvalue weighted by atomic mass is 9.95. The van der Waals surface area contributed by atoms with Crippen LogP contribution in [0.5, 0.6) is 0 Å². The summed E-state index contributed by atoms with van der Waals surface area (Å²) in [6, 6.07) is 7.77. The van der Waals surface area contributed by atoms with Crippen LogP contribution in [0.1, 0.15) is 17.2 Å². The second-order valence-corrected chi connectivity index (χ2v) is 4.81. The summed E-state index contributed by atoms with van der Waals surface area (Å²) in [5.74, 6) is -0.620. The van der Waals surface area contributed by atoms with E-state index < -0.39 is 0 Å². The molecule has 0 aliphatic carbocycles. The summed E-state index contributed by atoms with van der Waals surface area (Å²) in [6.45, 7) is 0. The van der Waals surface area contributed by atoms with E-state index in [1.807, 2.05) is 6.26 Å². The van der Waals surface area contributed by atoms with Gasteiger partial charge in [-0.25, -0.2) is 14.4 Å². The Morgan fingerprint density at radius 3 is 2.68 bits per heavy atom. The largest absolute Gasteiger partial charge is 0.303 e. The molecule has 5 heteroatoms. The Kier molecular flexibility index (Phi) is 4.63. The van der Waals surface area contributed by atoms with E-state index >= 15 is 0 Å². The zero-order valence-electron chi connectivity index (χ0n) is 10.4. The van der Waals surface area contributed by atoms with Crippen molar-refractivity contribution in [3.8, 4) is 0 Å². The predicted molar refractivity (Wildman–Crippen MR) is 72.7 cm³/mol. The molecule has 1 aromatic carbocycles. The first-order valence-corrected chi connectivity index (χ1v) is 7.02. The molecule has 0 radical (unpaired) electrons. The van der Waals surface area contributed by atoms with Crippen LogP contribution in [-0.2, 0) is 11.2 Å². The van der Waals surface area contributed by atoms with E-state index in [1.54, 1.807) is 24.4 Å². The number of benzene rings is 1. The lowest BCUT2D eigenvalue weighted by Gasteiger charge is -2.10. The van der Waals surface area contributed by atoms with Crippen molar-refractivity contribution in [1.29, 1.82) is 0 Å². The molecule has 0 aliphatic heterocycles. The second kappa shape index (κ2) is 6.43. The van der Waals surface area contributed by atoms with Crippen LogP contribution in [0.4, 0.5) is 4.39 Å². The molecule has 1 atom stereocenters. The standard InChI is InChI=1S/C14H13FN2OS/c1-19-14-16-7-6-13(17-14)8-11(9-18)10-2-4-12(15)5-3-10/h2-7,9,11H,8H2,1H3. The molecule has 0 aliphatic rings. The SMILES string of the molecule is CSc1nccc(CC(C=O)c2ccc(F)cc2)n1. The molecule has 1 heterocycles. The van der Waals surface area contributed by atoms with E-state index in [0.717, 1.165) is 17.5 Å². The van der Waals surface area contributed by atoms with Crippen molar-refractivity contribution in [2.75, 3.05) is 6.26 Å². The van der Waals surface area contributed by atoms with Crippen LogP contribution in [-0.4, -0.2) is 22.5 Å². The van der Waals surface area contributed by atoms with E-state index in [2.05, 4.69) is 9.97 Å². The first-order valence-electron chi connectivity index (χ1n) is 5.79. The molecular weight excluding hydrogens is 263 g/mol. The van der Waals surface area contributed by atoms with Gasteiger partial charge in [0, 0.05) is 24.2 Å². The molecule has 1 unspecified atom stereocenters. The van der Waals surface area contributed by atoms with E-state index in [4.69, 9.17) is 0 Å². The fourth-order valence-electron chi connectivity index (χ4n) is 1.77. The Labute approximate surface area is 115 Å². The van der Waals surface area contributed by atoms with Gasteiger partial charge < -0.3 is 4.79 Å². The molecule has 0 fully saturated rings. The van der Waals surface area contributed by atoms with Gasteiger partial charge in [-0.15, -0.1) is 0 Å². The summed E-state index contributed by atoms with van der Waals surface area (Å²) in [6.07, 6.45) is 4.94. The lowest BCUT2D eigenvalue weighted by molar-refractivity contribution is -0.109. The van der Waals surface area contributed by atoms with Gasteiger partial charge in [-0.2, -0.15) is 0 Å². The average molecular weight is 276 g/mol. The van der Waals surface area contributed by atoms with Crippen molar-refractivity contribution in [1.82, 2.24) is 9.97 Å². The fraction of sp³-hybridized carbons (Fsp3) is 0.214. The minimum atomic E-state index is -0.315.